The van der Waals surface area contributed by atoms with Gasteiger partial charge in [0, 0.05) is 22.6 Å². The van der Waals surface area contributed by atoms with Crippen molar-refractivity contribution in [3.63, 3.8) is 0 Å². The van der Waals surface area contributed by atoms with Crippen LogP contribution in [0.4, 0.5) is 5.69 Å². The molecule has 0 aromatic heterocycles. The molecule has 0 fully saturated rings. The van der Waals surface area contributed by atoms with E-state index in [0.717, 1.165) is 4.90 Å². The Morgan fingerprint density at radius 3 is 2.71 bits per heavy atom. The Kier molecular flexibility index (Phi) is 3.84. The maximum absolute atomic E-state index is 11.5. The fourth-order valence-corrected chi connectivity index (χ4v) is 2.05. The molecule has 0 aliphatic heterocycles. The Balaban J connectivity index is 3.24. The largest absolute Gasteiger partial charge is 0.398 e. The van der Waals surface area contributed by atoms with E-state index in [2.05, 4.69) is 0 Å². The predicted octanol–water partition coefficient (Wildman–Crippen LogP) is 3.24. The van der Waals surface area contributed by atoms with Crippen molar-refractivity contribution >= 4 is 34.8 Å². The molecule has 2 nitrogen and oxygen atoms in total. The molecule has 0 aliphatic carbocycles. The van der Waals surface area contributed by atoms with Crippen molar-refractivity contribution in [2.24, 2.45) is 0 Å². The molecule has 0 saturated carbocycles. The standard InChI is InChI=1S/C10H12ClNOS/c1-3-9(13)6-4-10(14-2)7(11)5-8(6)12/h4-5H,3,12H2,1-2H3. The summed E-state index contributed by atoms with van der Waals surface area (Å²) in [5.41, 5.74) is 6.74. The molecule has 1 aromatic carbocycles. The lowest BCUT2D eigenvalue weighted by Crippen LogP contribution is -2.02. The molecule has 0 heterocycles. The molecule has 0 bridgehead atoms. The number of thioether (sulfide) groups is 1. The number of ketones is 1. The molecule has 0 amide bonds. The topological polar surface area (TPSA) is 43.1 Å². The second kappa shape index (κ2) is 4.71. The van der Waals surface area contributed by atoms with E-state index in [1.54, 1.807) is 12.1 Å². The molecule has 1 aromatic rings. The van der Waals surface area contributed by atoms with Crippen molar-refractivity contribution in [3.8, 4) is 0 Å². The minimum Gasteiger partial charge on any atom is -0.398 e. The fourth-order valence-electron chi connectivity index (χ4n) is 1.16. The number of nitrogens with two attached hydrogens (primary N) is 1. The molecule has 0 aliphatic rings. The molecule has 0 radical (unpaired) electrons. The molecular formula is C10H12ClNOS. The van der Waals surface area contributed by atoms with Crippen LogP contribution in [0.15, 0.2) is 17.0 Å². The maximum atomic E-state index is 11.5. The van der Waals surface area contributed by atoms with Crippen LogP contribution >= 0.6 is 23.4 Å². The van der Waals surface area contributed by atoms with Gasteiger partial charge in [0.25, 0.3) is 0 Å². The van der Waals surface area contributed by atoms with Crippen molar-refractivity contribution in [1.29, 1.82) is 0 Å². The van der Waals surface area contributed by atoms with E-state index in [0.29, 0.717) is 22.7 Å². The van der Waals surface area contributed by atoms with E-state index in [9.17, 15) is 4.79 Å². The van der Waals surface area contributed by atoms with E-state index in [1.165, 1.54) is 11.8 Å². The number of benzene rings is 1. The highest BCUT2D eigenvalue weighted by atomic mass is 35.5. The summed E-state index contributed by atoms with van der Waals surface area (Å²) in [6.07, 6.45) is 2.37. The van der Waals surface area contributed by atoms with E-state index < -0.39 is 0 Å². The first-order valence-corrected chi connectivity index (χ1v) is 5.86. The summed E-state index contributed by atoms with van der Waals surface area (Å²) in [7, 11) is 0. The van der Waals surface area contributed by atoms with Crippen LogP contribution in [-0.4, -0.2) is 12.0 Å². The van der Waals surface area contributed by atoms with Crippen LogP contribution in [0.25, 0.3) is 0 Å². The quantitative estimate of drug-likeness (QED) is 0.492. The number of nitrogen functional groups attached to an aromatic ring is 1. The molecule has 14 heavy (non-hydrogen) atoms. The average molecular weight is 230 g/mol. The van der Waals surface area contributed by atoms with Crippen LogP contribution in [0.1, 0.15) is 23.7 Å². The fraction of sp³-hybridized carbons (Fsp3) is 0.300. The number of hydrogen-bond donors (Lipinski definition) is 1. The smallest absolute Gasteiger partial charge is 0.164 e. The Labute approximate surface area is 92.8 Å². The van der Waals surface area contributed by atoms with Gasteiger partial charge in [-0.2, -0.15) is 0 Å². The Bertz CT molecular complexity index is 365. The minimum absolute atomic E-state index is 0.0504. The number of Topliss-reactive ketones (excluding diaryl/α,β-unsaturated/α-hetero) is 1. The Morgan fingerprint density at radius 1 is 1.57 bits per heavy atom. The number of carbonyl (C=O) groups is 1. The SMILES string of the molecule is CCC(=O)c1cc(SC)c(Cl)cc1N. The summed E-state index contributed by atoms with van der Waals surface area (Å²) in [5, 5.41) is 0.600. The zero-order valence-electron chi connectivity index (χ0n) is 8.13. The van der Waals surface area contributed by atoms with Crippen molar-refractivity contribution in [3.05, 3.63) is 22.7 Å². The normalized spacial score (nSPS) is 10.2. The minimum atomic E-state index is 0.0504. The zero-order valence-corrected chi connectivity index (χ0v) is 9.71. The molecule has 76 valence electrons. The number of halogens is 1. The van der Waals surface area contributed by atoms with E-state index in [4.69, 9.17) is 17.3 Å². The zero-order chi connectivity index (χ0) is 10.7. The number of rotatable bonds is 3. The van der Waals surface area contributed by atoms with Crippen LogP contribution < -0.4 is 5.73 Å². The van der Waals surface area contributed by atoms with Gasteiger partial charge in [0.05, 0.1) is 5.02 Å². The van der Waals surface area contributed by atoms with Gasteiger partial charge in [-0.25, -0.2) is 0 Å². The average Bonchev–Trinajstić information content (AvgIpc) is 2.17. The van der Waals surface area contributed by atoms with E-state index >= 15 is 0 Å². The highest BCUT2D eigenvalue weighted by Gasteiger charge is 2.11. The van der Waals surface area contributed by atoms with Crippen LogP contribution in [0.2, 0.25) is 5.02 Å². The van der Waals surface area contributed by atoms with Crippen LogP contribution in [0.5, 0.6) is 0 Å². The molecule has 0 unspecified atom stereocenters. The van der Waals surface area contributed by atoms with Crippen molar-refractivity contribution in [2.45, 2.75) is 18.2 Å². The van der Waals surface area contributed by atoms with Crippen LogP contribution in [0, 0.1) is 0 Å². The second-order valence-corrected chi connectivity index (χ2v) is 4.11. The van der Waals surface area contributed by atoms with E-state index in [1.807, 2.05) is 13.2 Å². The molecular weight excluding hydrogens is 218 g/mol. The lowest BCUT2D eigenvalue weighted by molar-refractivity contribution is 0.0989. The van der Waals surface area contributed by atoms with Gasteiger partial charge >= 0.3 is 0 Å². The molecule has 0 saturated heterocycles. The summed E-state index contributed by atoms with van der Waals surface area (Å²) < 4.78 is 0. The first-order chi connectivity index (χ1) is 6.60. The lowest BCUT2D eigenvalue weighted by Gasteiger charge is -2.07. The van der Waals surface area contributed by atoms with Gasteiger partial charge in [-0.15, -0.1) is 11.8 Å². The first-order valence-electron chi connectivity index (χ1n) is 4.26. The van der Waals surface area contributed by atoms with Crippen LogP contribution in [0.3, 0.4) is 0 Å². The number of carbonyl (C=O) groups excluding carboxylic acids is 1. The summed E-state index contributed by atoms with van der Waals surface area (Å²) in [6, 6.07) is 3.39. The van der Waals surface area contributed by atoms with Crippen molar-refractivity contribution in [2.75, 3.05) is 12.0 Å². The summed E-state index contributed by atoms with van der Waals surface area (Å²) >= 11 is 7.44. The van der Waals surface area contributed by atoms with Crippen molar-refractivity contribution in [1.82, 2.24) is 0 Å². The van der Waals surface area contributed by atoms with Crippen LogP contribution in [-0.2, 0) is 0 Å². The molecule has 2 N–H and O–H groups in total. The third kappa shape index (κ3) is 2.22. The lowest BCUT2D eigenvalue weighted by atomic mass is 10.1. The Morgan fingerprint density at radius 2 is 2.21 bits per heavy atom. The molecule has 0 spiro atoms. The highest BCUT2D eigenvalue weighted by Crippen LogP contribution is 2.30. The molecule has 1 rings (SSSR count). The van der Waals surface area contributed by atoms with Gasteiger partial charge in [-0.3, -0.25) is 4.79 Å². The number of anilines is 1. The van der Waals surface area contributed by atoms with Gasteiger partial charge < -0.3 is 5.73 Å². The monoisotopic (exact) mass is 229 g/mol. The summed E-state index contributed by atoms with van der Waals surface area (Å²) in [5.74, 6) is 0.0504. The molecule has 0 atom stereocenters. The second-order valence-electron chi connectivity index (χ2n) is 2.85. The highest BCUT2D eigenvalue weighted by molar-refractivity contribution is 7.98. The third-order valence-corrected chi connectivity index (χ3v) is 3.15. The summed E-state index contributed by atoms with van der Waals surface area (Å²) in [6.45, 7) is 1.81. The third-order valence-electron chi connectivity index (χ3n) is 1.95. The van der Waals surface area contributed by atoms with E-state index in [-0.39, 0.29) is 5.78 Å². The van der Waals surface area contributed by atoms with Gasteiger partial charge in [0.1, 0.15) is 0 Å². The van der Waals surface area contributed by atoms with Gasteiger partial charge in [0.2, 0.25) is 0 Å². The number of hydrogen-bond acceptors (Lipinski definition) is 3. The summed E-state index contributed by atoms with van der Waals surface area (Å²) in [4.78, 5) is 12.4. The molecule has 4 heteroatoms. The maximum Gasteiger partial charge on any atom is 0.164 e. The van der Waals surface area contributed by atoms with Gasteiger partial charge in [-0.05, 0) is 18.4 Å². The van der Waals surface area contributed by atoms with Gasteiger partial charge in [0.15, 0.2) is 5.78 Å². The first kappa shape index (κ1) is 11.4. The Hall–Kier alpha value is -0.670. The predicted molar refractivity (Wildman–Crippen MR) is 62.3 cm³/mol. The van der Waals surface area contributed by atoms with Crippen molar-refractivity contribution < 1.29 is 4.79 Å². The van der Waals surface area contributed by atoms with Gasteiger partial charge in [-0.1, -0.05) is 18.5 Å².